The zero-order chi connectivity index (χ0) is 13.7. The van der Waals surface area contributed by atoms with Gasteiger partial charge in [-0.3, -0.25) is 9.69 Å². The zero-order valence-electron chi connectivity index (χ0n) is 11.2. The average molecular weight is 326 g/mol. The van der Waals surface area contributed by atoms with Crippen LogP contribution in [-0.2, 0) is 11.3 Å². The molecule has 0 aromatic heterocycles. The molecule has 104 valence electrons. The summed E-state index contributed by atoms with van der Waals surface area (Å²) in [6.07, 6.45) is 0. The summed E-state index contributed by atoms with van der Waals surface area (Å²) in [5.41, 5.74) is 1.21. The molecule has 0 radical (unpaired) electrons. The Labute approximate surface area is 122 Å². The van der Waals surface area contributed by atoms with E-state index in [2.05, 4.69) is 32.2 Å². The molecule has 0 unspecified atom stereocenters. The third-order valence-electron chi connectivity index (χ3n) is 3.27. The van der Waals surface area contributed by atoms with Gasteiger partial charge in [-0.1, -0.05) is 34.1 Å². The summed E-state index contributed by atoms with van der Waals surface area (Å²) in [4.78, 5) is 16.1. The number of nitrogens with zero attached hydrogens (tertiary/aromatic N) is 2. The third-order valence-corrected chi connectivity index (χ3v) is 4.05. The van der Waals surface area contributed by atoms with Crippen molar-refractivity contribution in [3.8, 4) is 0 Å². The van der Waals surface area contributed by atoms with Crippen molar-refractivity contribution in [1.29, 1.82) is 0 Å². The maximum Gasteiger partial charge on any atom is 0.236 e. The molecule has 19 heavy (non-hydrogen) atoms. The van der Waals surface area contributed by atoms with E-state index in [-0.39, 0.29) is 5.91 Å². The van der Waals surface area contributed by atoms with Crippen LogP contribution >= 0.6 is 15.9 Å². The van der Waals surface area contributed by atoms with E-state index in [9.17, 15) is 4.79 Å². The molecule has 1 aliphatic rings. The van der Waals surface area contributed by atoms with Gasteiger partial charge >= 0.3 is 0 Å². The van der Waals surface area contributed by atoms with E-state index in [1.54, 1.807) is 0 Å². The highest BCUT2D eigenvalue weighted by molar-refractivity contribution is 9.10. The van der Waals surface area contributed by atoms with Crippen molar-refractivity contribution in [3.63, 3.8) is 0 Å². The normalized spacial score (nSPS) is 15.8. The molecule has 1 fully saturated rings. The second-order valence-electron chi connectivity index (χ2n) is 4.89. The minimum Gasteiger partial charge on any atom is -0.339 e. The van der Waals surface area contributed by atoms with Crippen LogP contribution in [0.15, 0.2) is 28.7 Å². The smallest absolute Gasteiger partial charge is 0.236 e. The molecule has 1 heterocycles. The fourth-order valence-electron chi connectivity index (χ4n) is 2.22. The Balaban J connectivity index is 1.85. The third kappa shape index (κ3) is 4.30. The SMILES string of the molecule is CN(CC(=O)N1CCNCC1)Cc1ccccc1Br. The lowest BCUT2D eigenvalue weighted by molar-refractivity contribution is -0.132. The van der Waals surface area contributed by atoms with Gasteiger partial charge in [-0.2, -0.15) is 0 Å². The van der Waals surface area contributed by atoms with E-state index >= 15 is 0 Å². The van der Waals surface area contributed by atoms with Gasteiger partial charge in [0.25, 0.3) is 0 Å². The first-order valence-electron chi connectivity index (χ1n) is 6.57. The van der Waals surface area contributed by atoms with E-state index in [1.165, 1.54) is 5.56 Å². The summed E-state index contributed by atoms with van der Waals surface area (Å²) in [6, 6.07) is 8.13. The summed E-state index contributed by atoms with van der Waals surface area (Å²) in [5, 5.41) is 3.26. The van der Waals surface area contributed by atoms with E-state index in [1.807, 2.05) is 30.1 Å². The Morgan fingerprint density at radius 1 is 1.37 bits per heavy atom. The topological polar surface area (TPSA) is 35.6 Å². The number of rotatable bonds is 4. The van der Waals surface area contributed by atoms with Gasteiger partial charge in [-0.05, 0) is 18.7 Å². The number of hydrogen-bond acceptors (Lipinski definition) is 3. The molecule has 0 saturated carbocycles. The van der Waals surface area contributed by atoms with Crippen molar-refractivity contribution in [3.05, 3.63) is 34.3 Å². The summed E-state index contributed by atoms with van der Waals surface area (Å²) < 4.78 is 1.09. The minimum atomic E-state index is 0.219. The first-order chi connectivity index (χ1) is 9.16. The van der Waals surface area contributed by atoms with Crippen LogP contribution in [0, 0.1) is 0 Å². The van der Waals surface area contributed by atoms with Crippen molar-refractivity contribution in [2.75, 3.05) is 39.8 Å². The number of piperazine rings is 1. The van der Waals surface area contributed by atoms with E-state index in [4.69, 9.17) is 0 Å². The van der Waals surface area contributed by atoms with Crippen molar-refractivity contribution in [1.82, 2.24) is 15.1 Å². The quantitative estimate of drug-likeness (QED) is 0.906. The summed E-state index contributed by atoms with van der Waals surface area (Å²) in [7, 11) is 1.99. The first-order valence-corrected chi connectivity index (χ1v) is 7.36. The molecule has 0 spiro atoms. The lowest BCUT2D eigenvalue weighted by Gasteiger charge is -2.29. The lowest BCUT2D eigenvalue weighted by atomic mass is 10.2. The van der Waals surface area contributed by atoms with Crippen LogP contribution < -0.4 is 5.32 Å². The molecule has 0 bridgehead atoms. The van der Waals surface area contributed by atoms with Gasteiger partial charge in [0.05, 0.1) is 6.54 Å². The number of hydrogen-bond donors (Lipinski definition) is 1. The Morgan fingerprint density at radius 3 is 2.74 bits per heavy atom. The minimum absolute atomic E-state index is 0.219. The van der Waals surface area contributed by atoms with E-state index in [0.29, 0.717) is 6.54 Å². The maximum absolute atomic E-state index is 12.1. The largest absolute Gasteiger partial charge is 0.339 e. The molecule has 1 amide bonds. The maximum atomic E-state index is 12.1. The van der Waals surface area contributed by atoms with Gasteiger partial charge in [0, 0.05) is 37.2 Å². The fraction of sp³-hybridized carbons (Fsp3) is 0.500. The van der Waals surface area contributed by atoms with Crippen molar-refractivity contribution < 1.29 is 4.79 Å². The van der Waals surface area contributed by atoms with Crippen LogP contribution in [0.4, 0.5) is 0 Å². The summed E-state index contributed by atoms with van der Waals surface area (Å²) in [6.45, 7) is 4.70. The molecule has 1 N–H and O–H groups in total. The van der Waals surface area contributed by atoms with Crippen molar-refractivity contribution >= 4 is 21.8 Å². The number of benzene rings is 1. The van der Waals surface area contributed by atoms with Crippen LogP contribution in [0.2, 0.25) is 0 Å². The number of nitrogens with one attached hydrogen (secondary N) is 1. The molecule has 4 nitrogen and oxygen atoms in total. The monoisotopic (exact) mass is 325 g/mol. The number of carbonyl (C=O) groups excluding carboxylic acids is 1. The highest BCUT2D eigenvalue weighted by Gasteiger charge is 2.17. The predicted molar refractivity (Wildman–Crippen MR) is 79.9 cm³/mol. The molecule has 1 aromatic rings. The standard InChI is InChI=1S/C14H20BrN3O/c1-17(10-12-4-2-3-5-13(12)15)11-14(19)18-8-6-16-7-9-18/h2-5,16H,6-11H2,1H3. The average Bonchev–Trinajstić information content (AvgIpc) is 2.42. The van der Waals surface area contributed by atoms with Crippen molar-refractivity contribution in [2.24, 2.45) is 0 Å². The molecule has 0 atom stereocenters. The van der Waals surface area contributed by atoms with Crippen LogP contribution in [0.3, 0.4) is 0 Å². The van der Waals surface area contributed by atoms with Crippen molar-refractivity contribution in [2.45, 2.75) is 6.54 Å². The van der Waals surface area contributed by atoms with Gasteiger partial charge in [-0.25, -0.2) is 0 Å². The molecule has 0 aliphatic carbocycles. The first kappa shape index (κ1) is 14.5. The fourth-order valence-corrected chi connectivity index (χ4v) is 2.63. The molecule has 2 rings (SSSR count). The number of amides is 1. The van der Waals surface area contributed by atoms with Crippen LogP contribution in [0.5, 0.6) is 0 Å². The van der Waals surface area contributed by atoms with Crippen LogP contribution in [0.25, 0.3) is 0 Å². The highest BCUT2D eigenvalue weighted by Crippen LogP contribution is 2.17. The van der Waals surface area contributed by atoms with Gasteiger partial charge in [0.15, 0.2) is 0 Å². The van der Waals surface area contributed by atoms with Crippen LogP contribution in [0.1, 0.15) is 5.56 Å². The second kappa shape index (κ2) is 7.03. The molecule has 5 heteroatoms. The van der Waals surface area contributed by atoms with Crippen LogP contribution in [-0.4, -0.2) is 55.5 Å². The summed E-state index contributed by atoms with van der Waals surface area (Å²) in [5.74, 6) is 0.219. The predicted octanol–water partition coefficient (Wildman–Crippen LogP) is 1.31. The summed E-state index contributed by atoms with van der Waals surface area (Å²) >= 11 is 3.54. The Morgan fingerprint density at radius 2 is 2.05 bits per heavy atom. The van der Waals surface area contributed by atoms with Gasteiger partial charge in [0.1, 0.15) is 0 Å². The Kier molecular flexibility index (Phi) is 5.36. The molecular formula is C14H20BrN3O. The Hall–Kier alpha value is -0.910. The van der Waals surface area contributed by atoms with E-state index in [0.717, 1.165) is 37.2 Å². The Bertz CT molecular complexity index is 432. The number of carbonyl (C=O) groups is 1. The molecular weight excluding hydrogens is 306 g/mol. The number of halogens is 1. The number of likely N-dealkylation sites (N-methyl/N-ethyl adjacent to an activating group) is 1. The van der Waals surface area contributed by atoms with Gasteiger partial charge in [0.2, 0.25) is 5.91 Å². The highest BCUT2D eigenvalue weighted by atomic mass is 79.9. The molecule has 1 aliphatic heterocycles. The lowest BCUT2D eigenvalue weighted by Crippen LogP contribution is -2.49. The zero-order valence-corrected chi connectivity index (χ0v) is 12.8. The van der Waals surface area contributed by atoms with Gasteiger partial charge in [-0.15, -0.1) is 0 Å². The second-order valence-corrected chi connectivity index (χ2v) is 5.75. The molecule has 1 aromatic carbocycles. The molecule has 1 saturated heterocycles. The van der Waals surface area contributed by atoms with Gasteiger partial charge < -0.3 is 10.2 Å². The van der Waals surface area contributed by atoms with E-state index < -0.39 is 0 Å².